The highest BCUT2D eigenvalue weighted by atomic mass is 32.2. The van der Waals surface area contributed by atoms with Gasteiger partial charge in [0.05, 0.1) is 27.3 Å². The fraction of sp³-hybridized carbons (Fsp3) is 0.353. The average molecular weight is 364 g/mol. The second kappa shape index (κ2) is 6.89. The Balaban J connectivity index is 1.73. The van der Waals surface area contributed by atoms with Gasteiger partial charge in [0.1, 0.15) is 22.5 Å². The zero-order chi connectivity index (χ0) is 18.0. The van der Waals surface area contributed by atoms with Gasteiger partial charge in [0.25, 0.3) is 0 Å². The van der Waals surface area contributed by atoms with Gasteiger partial charge in [0.2, 0.25) is 15.9 Å². The number of hydrogen-bond donors (Lipinski definition) is 0. The first-order valence-corrected chi connectivity index (χ1v) is 9.20. The molecule has 0 saturated carbocycles. The number of methoxy groups -OCH3 is 2. The normalized spacial score (nSPS) is 15.5. The molecule has 0 radical (unpaired) electrons. The molecule has 0 spiro atoms. The summed E-state index contributed by atoms with van der Waals surface area (Å²) < 4.78 is 43.0. The number of rotatable bonds is 6. The van der Waals surface area contributed by atoms with Crippen molar-refractivity contribution in [3.63, 3.8) is 0 Å². The largest absolute Gasteiger partial charge is 0.497 e. The first-order chi connectivity index (χ1) is 11.9. The van der Waals surface area contributed by atoms with Crippen LogP contribution in [0.1, 0.15) is 5.69 Å². The Labute approximate surface area is 147 Å². The van der Waals surface area contributed by atoms with Crippen LogP contribution in [-0.2, 0) is 10.0 Å². The predicted molar refractivity (Wildman–Crippen MR) is 91.7 cm³/mol. The smallest absolute Gasteiger partial charge is 0.247 e. The number of ether oxygens (including phenoxy) is 3. The van der Waals surface area contributed by atoms with Crippen LogP contribution in [0.25, 0.3) is 0 Å². The second-order valence-corrected chi connectivity index (χ2v) is 7.60. The molecule has 1 fully saturated rings. The molecule has 2 aromatic rings. The number of pyridine rings is 1. The Kier molecular flexibility index (Phi) is 4.82. The van der Waals surface area contributed by atoms with E-state index in [1.807, 2.05) is 19.1 Å². The first-order valence-electron chi connectivity index (χ1n) is 7.76. The average Bonchev–Trinajstić information content (AvgIpc) is 2.57. The van der Waals surface area contributed by atoms with Crippen molar-refractivity contribution in [3.05, 3.63) is 42.1 Å². The lowest BCUT2D eigenvalue weighted by molar-refractivity contribution is 0.0718. The summed E-state index contributed by atoms with van der Waals surface area (Å²) in [4.78, 5) is 4.35. The van der Waals surface area contributed by atoms with E-state index in [-0.39, 0.29) is 29.8 Å². The summed E-state index contributed by atoms with van der Waals surface area (Å²) in [5.74, 6) is 1.24. The van der Waals surface area contributed by atoms with Crippen LogP contribution in [0.5, 0.6) is 17.4 Å². The van der Waals surface area contributed by atoms with Gasteiger partial charge in [-0.25, -0.2) is 13.4 Å². The van der Waals surface area contributed by atoms with Crippen molar-refractivity contribution < 1.29 is 22.6 Å². The van der Waals surface area contributed by atoms with Crippen molar-refractivity contribution in [3.8, 4) is 17.4 Å². The van der Waals surface area contributed by atoms with Crippen molar-refractivity contribution in [1.29, 1.82) is 0 Å². The molecule has 1 aromatic heterocycles. The topological polar surface area (TPSA) is 78.0 Å². The first kappa shape index (κ1) is 17.5. The maximum Gasteiger partial charge on any atom is 0.247 e. The minimum atomic E-state index is -3.68. The molecule has 1 aromatic carbocycles. The summed E-state index contributed by atoms with van der Waals surface area (Å²) in [6.45, 7) is 2.40. The van der Waals surface area contributed by atoms with E-state index in [9.17, 15) is 8.42 Å². The molecule has 1 aliphatic heterocycles. The van der Waals surface area contributed by atoms with Gasteiger partial charge in [-0.2, -0.15) is 4.31 Å². The van der Waals surface area contributed by atoms with Crippen LogP contribution in [-0.4, -0.2) is 51.1 Å². The van der Waals surface area contributed by atoms with Crippen LogP contribution in [0.4, 0.5) is 0 Å². The molecule has 0 aliphatic carbocycles. The minimum Gasteiger partial charge on any atom is -0.497 e. The van der Waals surface area contributed by atoms with E-state index < -0.39 is 10.0 Å². The lowest BCUT2D eigenvalue weighted by Crippen LogP contribution is -2.56. The summed E-state index contributed by atoms with van der Waals surface area (Å²) in [6, 6.07) is 10.2. The van der Waals surface area contributed by atoms with Crippen LogP contribution in [0.15, 0.2) is 41.3 Å². The summed E-state index contributed by atoms with van der Waals surface area (Å²) in [6.07, 6.45) is -0.222. The second-order valence-electron chi connectivity index (χ2n) is 5.70. The molecule has 0 unspecified atom stereocenters. The Morgan fingerprint density at radius 1 is 1.12 bits per heavy atom. The number of benzene rings is 1. The zero-order valence-electron chi connectivity index (χ0n) is 14.3. The summed E-state index contributed by atoms with van der Waals surface area (Å²) in [5.41, 5.74) is 0.849. The highest BCUT2D eigenvalue weighted by molar-refractivity contribution is 7.89. The molecule has 3 rings (SSSR count). The van der Waals surface area contributed by atoms with Gasteiger partial charge in [-0.15, -0.1) is 0 Å². The van der Waals surface area contributed by atoms with Gasteiger partial charge in [-0.1, -0.05) is 6.07 Å². The van der Waals surface area contributed by atoms with Crippen LogP contribution in [0.3, 0.4) is 0 Å². The van der Waals surface area contributed by atoms with E-state index in [0.717, 1.165) is 5.69 Å². The highest BCUT2D eigenvalue weighted by Crippen LogP contribution is 2.33. The SMILES string of the molecule is COc1ccc(OC)c(S(=O)(=O)N2CC(Oc3cccc(C)n3)C2)c1. The van der Waals surface area contributed by atoms with E-state index in [1.54, 1.807) is 18.2 Å². The van der Waals surface area contributed by atoms with Gasteiger partial charge in [-0.05, 0) is 25.1 Å². The third kappa shape index (κ3) is 3.54. The third-order valence-corrected chi connectivity index (χ3v) is 5.81. The van der Waals surface area contributed by atoms with Gasteiger partial charge in [0, 0.05) is 17.8 Å². The monoisotopic (exact) mass is 364 g/mol. The van der Waals surface area contributed by atoms with E-state index in [2.05, 4.69) is 4.98 Å². The molecule has 0 atom stereocenters. The maximum absolute atomic E-state index is 12.8. The van der Waals surface area contributed by atoms with Crippen molar-refractivity contribution in [1.82, 2.24) is 9.29 Å². The standard InChI is InChI=1S/C17H20N2O5S/c1-12-5-4-6-17(18-12)24-14-10-19(11-14)25(20,21)16-9-13(22-2)7-8-15(16)23-3/h4-9,14H,10-11H2,1-3H3. The Bertz CT molecular complexity index is 863. The fourth-order valence-corrected chi connectivity index (χ4v) is 4.22. The van der Waals surface area contributed by atoms with Crippen molar-refractivity contribution in [2.75, 3.05) is 27.3 Å². The summed E-state index contributed by atoms with van der Waals surface area (Å²) >= 11 is 0. The number of nitrogens with zero attached hydrogens (tertiary/aromatic N) is 2. The van der Waals surface area contributed by atoms with Crippen LogP contribution >= 0.6 is 0 Å². The molecule has 0 N–H and O–H groups in total. The molecule has 25 heavy (non-hydrogen) atoms. The van der Waals surface area contributed by atoms with Crippen LogP contribution in [0.2, 0.25) is 0 Å². The fourth-order valence-electron chi connectivity index (χ4n) is 2.55. The zero-order valence-corrected chi connectivity index (χ0v) is 15.1. The number of hydrogen-bond acceptors (Lipinski definition) is 6. The Hall–Kier alpha value is -2.32. The number of aryl methyl sites for hydroxylation is 1. The van der Waals surface area contributed by atoms with Crippen molar-refractivity contribution >= 4 is 10.0 Å². The lowest BCUT2D eigenvalue weighted by atomic mass is 10.2. The molecule has 1 aliphatic rings. The van der Waals surface area contributed by atoms with Crippen molar-refractivity contribution in [2.45, 2.75) is 17.9 Å². The van der Waals surface area contributed by atoms with Crippen LogP contribution < -0.4 is 14.2 Å². The number of aromatic nitrogens is 1. The number of sulfonamides is 1. The Morgan fingerprint density at radius 3 is 2.52 bits per heavy atom. The molecule has 7 nitrogen and oxygen atoms in total. The van der Waals surface area contributed by atoms with E-state index in [0.29, 0.717) is 11.6 Å². The van der Waals surface area contributed by atoms with Gasteiger partial charge in [0.15, 0.2) is 0 Å². The third-order valence-electron chi connectivity index (χ3n) is 3.95. The van der Waals surface area contributed by atoms with E-state index in [1.165, 1.54) is 24.6 Å². The Morgan fingerprint density at radius 2 is 1.88 bits per heavy atom. The minimum absolute atomic E-state index is 0.0847. The van der Waals surface area contributed by atoms with Gasteiger partial charge < -0.3 is 14.2 Å². The molecular formula is C17H20N2O5S. The molecule has 2 heterocycles. The highest BCUT2D eigenvalue weighted by Gasteiger charge is 2.39. The van der Waals surface area contributed by atoms with E-state index in [4.69, 9.17) is 14.2 Å². The molecule has 0 bridgehead atoms. The molecule has 134 valence electrons. The van der Waals surface area contributed by atoms with Crippen molar-refractivity contribution in [2.24, 2.45) is 0 Å². The quantitative estimate of drug-likeness (QED) is 0.779. The van der Waals surface area contributed by atoms with Gasteiger partial charge in [-0.3, -0.25) is 0 Å². The summed E-state index contributed by atoms with van der Waals surface area (Å²) in [5, 5.41) is 0. The summed E-state index contributed by atoms with van der Waals surface area (Å²) in [7, 11) is -0.760. The molecule has 1 saturated heterocycles. The molecule has 8 heteroatoms. The molecule has 0 amide bonds. The van der Waals surface area contributed by atoms with E-state index >= 15 is 0 Å². The predicted octanol–water partition coefficient (Wildman–Crippen LogP) is 1.86. The molecular weight excluding hydrogens is 344 g/mol. The lowest BCUT2D eigenvalue weighted by Gasteiger charge is -2.37. The van der Waals surface area contributed by atoms with Gasteiger partial charge >= 0.3 is 0 Å². The van der Waals surface area contributed by atoms with Crippen LogP contribution in [0, 0.1) is 6.92 Å². The maximum atomic E-state index is 12.8.